The molecule has 1 amide bonds. The van der Waals surface area contributed by atoms with Crippen molar-refractivity contribution in [2.45, 2.75) is 45.2 Å². The third kappa shape index (κ3) is 4.62. The predicted octanol–water partition coefficient (Wildman–Crippen LogP) is 4.31. The van der Waals surface area contributed by atoms with E-state index in [-0.39, 0.29) is 18.0 Å². The Balaban J connectivity index is 1.40. The maximum absolute atomic E-state index is 11.2. The highest BCUT2D eigenvalue weighted by atomic mass is 16.1. The number of aromatic nitrogens is 2. The van der Waals surface area contributed by atoms with Crippen molar-refractivity contribution in [1.29, 1.82) is 0 Å². The van der Waals surface area contributed by atoms with Crippen molar-refractivity contribution in [3.63, 3.8) is 0 Å². The first-order valence-electron chi connectivity index (χ1n) is 10.1. The van der Waals surface area contributed by atoms with Crippen LogP contribution < -0.4 is 10.6 Å². The molecular formula is C24H26N4O. The molecular weight excluding hydrogens is 360 g/mol. The maximum atomic E-state index is 11.2. The lowest BCUT2D eigenvalue weighted by molar-refractivity contribution is -0.119. The number of rotatable bonds is 6. The van der Waals surface area contributed by atoms with Crippen LogP contribution in [-0.4, -0.2) is 21.9 Å². The summed E-state index contributed by atoms with van der Waals surface area (Å²) < 4.78 is 0. The van der Waals surface area contributed by atoms with Crippen LogP contribution in [0.2, 0.25) is 0 Å². The quantitative estimate of drug-likeness (QED) is 0.662. The van der Waals surface area contributed by atoms with Crippen molar-refractivity contribution >= 4 is 11.9 Å². The number of nitrogens with zero attached hydrogens (tertiary/aromatic N) is 2. The number of fused-ring (bicyclic) bond motifs is 1. The van der Waals surface area contributed by atoms with Gasteiger partial charge in [0.2, 0.25) is 11.9 Å². The fourth-order valence-electron chi connectivity index (χ4n) is 4.00. The van der Waals surface area contributed by atoms with Gasteiger partial charge < -0.3 is 10.6 Å². The molecule has 0 bridgehead atoms. The minimum atomic E-state index is 0.000982. The van der Waals surface area contributed by atoms with Gasteiger partial charge in [0.15, 0.2) is 0 Å². The van der Waals surface area contributed by atoms with Crippen LogP contribution in [-0.2, 0) is 17.6 Å². The molecule has 3 aromatic rings. The highest BCUT2D eigenvalue weighted by molar-refractivity contribution is 5.73. The molecule has 2 atom stereocenters. The largest absolute Gasteiger partial charge is 0.354 e. The molecule has 1 aliphatic rings. The molecule has 0 saturated heterocycles. The summed E-state index contributed by atoms with van der Waals surface area (Å²) >= 11 is 0. The van der Waals surface area contributed by atoms with Crippen molar-refractivity contribution in [3.05, 3.63) is 77.6 Å². The van der Waals surface area contributed by atoms with Crippen molar-refractivity contribution in [3.8, 4) is 11.1 Å². The zero-order chi connectivity index (χ0) is 20.2. The Kier molecular flexibility index (Phi) is 5.56. The molecule has 2 aromatic carbocycles. The van der Waals surface area contributed by atoms with Gasteiger partial charge in [-0.2, -0.15) is 0 Å². The van der Waals surface area contributed by atoms with Crippen molar-refractivity contribution in [2.75, 3.05) is 5.32 Å². The second-order valence-corrected chi connectivity index (χ2v) is 7.73. The Bertz CT molecular complexity index is 983. The summed E-state index contributed by atoms with van der Waals surface area (Å²) in [6, 6.07) is 17.3. The lowest BCUT2D eigenvalue weighted by atomic mass is 10.0. The number of hydrogen-bond acceptors (Lipinski definition) is 4. The zero-order valence-electron chi connectivity index (χ0n) is 16.9. The predicted molar refractivity (Wildman–Crippen MR) is 116 cm³/mol. The number of carbonyl (C=O) groups is 1. The first kappa shape index (κ1) is 19.1. The third-order valence-corrected chi connectivity index (χ3v) is 5.37. The van der Waals surface area contributed by atoms with Gasteiger partial charge in [-0.1, -0.05) is 48.5 Å². The van der Waals surface area contributed by atoms with Crippen LogP contribution >= 0.6 is 0 Å². The molecule has 0 saturated carbocycles. The van der Waals surface area contributed by atoms with Gasteiger partial charge in [0, 0.05) is 30.9 Å². The Morgan fingerprint density at radius 3 is 2.52 bits per heavy atom. The van der Waals surface area contributed by atoms with Gasteiger partial charge in [-0.3, -0.25) is 4.79 Å². The van der Waals surface area contributed by atoms with E-state index in [0.717, 1.165) is 30.4 Å². The normalized spacial score (nSPS) is 16.1. The second kappa shape index (κ2) is 8.43. The van der Waals surface area contributed by atoms with Gasteiger partial charge in [0.1, 0.15) is 0 Å². The Morgan fingerprint density at radius 2 is 1.79 bits per heavy atom. The van der Waals surface area contributed by atoms with E-state index in [1.54, 1.807) is 6.92 Å². The van der Waals surface area contributed by atoms with E-state index < -0.39 is 0 Å². The van der Waals surface area contributed by atoms with E-state index in [2.05, 4.69) is 69.1 Å². The summed E-state index contributed by atoms with van der Waals surface area (Å²) in [4.78, 5) is 20.2. The molecule has 1 aromatic heterocycles. The van der Waals surface area contributed by atoms with Gasteiger partial charge in [0.05, 0.1) is 6.04 Å². The van der Waals surface area contributed by atoms with Crippen LogP contribution in [0.25, 0.3) is 11.1 Å². The molecule has 0 radical (unpaired) electrons. The van der Waals surface area contributed by atoms with Crippen molar-refractivity contribution < 1.29 is 4.79 Å². The van der Waals surface area contributed by atoms with Gasteiger partial charge >= 0.3 is 0 Å². The minimum Gasteiger partial charge on any atom is -0.354 e. The second-order valence-electron chi connectivity index (χ2n) is 7.73. The first-order chi connectivity index (χ1) is 14.1. The van der Waals surface area contributed by atoms with E-state index in [4.69, 9.17) is 0 Å². The average molecular weight is 386 g/mol. The third-order valence-electron chi connectivity index (χ3n) is 5.37. The molecule has 29 heavy (non-hydrogen) atoms. The highest BCUT2D eigenvalue weighted by Gasteiger charge is 2.22. The topological polar surface area (TPSA) is 66.9 Å². The Hall–Kier alpha value is -3.21. The van der Waals surface area contributed by atoms with Crippen LogP contribution in [0.3, 0.4) is 0 Å². The highest BCUT2D eigenvalue weighted by Crippen LogP contribution is 2.33. The minimum absolute atomic E-state index is 0.000982. The summed E-state index contributed by atoms with van der Waals surface area (Å²) in [7, 11) is 0. The number of nitrogens with one attached hydrogen (secondary N) is 2. The number of benzene rings is 2. The summed E-state index contributed by atoms with van der Waals surface area (Å²) in [6.07, 6.45) is 6.71. The van der Waals surface area contributed by atoms with E-state index in [1.165, 1.54) is 16.7 Å². The summed E-state index contributed by atoms with van der Waals surface area (Å²) in [5.41, 5.74) is 6.02. The molecule has 148 valence electrons. The van der Waals surface area contributed by atoms with E-state index in [9.17, 15) is 4.79 Å². The number of carbonyl (C=O) groups excluding carboxylic acids is 1. The average Bonchev–Trinajstić information content (AvgIpc) is 3.12. The Labute approximate surface area is 171 Å². The number of anilines is 1. The lowest BCUT2D eigenvalue weighted by Gasteiger charge is -2.14. The van der Waals surface area contributed by atoms with Crippen molar-refractivity contribution in [1.82, 2.24) is 15.3 Å². The molecule has 5 heteroatoms. The van der Waals surface area contributed by atoms with E-state index >= 15 is 0 Å². The van der Waals surface area contributed by atoms with Gasteiger partial charge in [-0.25, -0.2) is 9.97 Å². The van der Waals surface area contributed by atoms with Crippen LogP contribution in [0, 0.1) is 0 Å². The van der Waals surface area contributed by atoms with Crippen LogP contribution in [0.4, 0.5) is 5.95 Å². The van der Waals surface area contributed by atoms with Crippen LogP contribution in [0.15, 0.2) is 60.9 Å². The summed E-state index contributed by atoms with van der Waals surface area (Å²) in [5.74, 6) is 0.664. The molecule has 0 fully saturated rings. The summed E-state index contributed by atoms with van der Waals surface area (Å²) in [5, 5.41) is 6.38. The fraction of sp³-hybridized carbons (Fsp3) is 0.292. The standard InChI is InChI=1S/C24H26N4O/c1-16(27-17(2)29)13-18-7-9-19(10-8-18)21-14-25-24(26-15-21)28-23-12-11-20-5-3-4-6-22(20)23/h3-10,14-16,23H,11-13H2,1-2H3,(H,27,29)(H,25,26,28)/t16?,23-/m0/s1. The smallest absolute Gasteiger partial charge is 0.223 e. The molecule has 1 heterocycles. The molecule has 5 nitrogen and oxygen atoms in total. The van der Waals surface area contributed by atoms with Gasteiger partial charge in [0.25, 0.3) is 0 Å². The van der Waals surface area contributed by atoms with Gasteiger partial charge in [-0.05, 0) is 48.4 Å². The lowest BCUT2D eigenvalue weighted by Crippen LogP contribution is -2.31. The first-order valence-corrected chi connectivity index (χ1v) is 10.1. The molecule has 4 rings (SSSR count). The molecule has 0 aliphatic heterocycles. The van der Waals surface area contributed by atoms with Crippen LogP contribution in [0.5, 0.6) is 0 Å². The summed E-state index contributed by atoms with van der Waals surface area (Å²) in [6.45, 7) is 3.56. The fourth-order valence-corrected chi connectivity index (χ4v) is 4.00. The molecule has 0 spiro atoms. The maximum Gasteiger partial charge on any atom is 0.223 e. The van der Waals surface area contributed by atoms with Gasteiger partial charge in [-0.15, -0.1) is 0 Å². The number of aryl methyl sites for hydroxylation is 1. The van der Waals surface area contributed by atoms with E-state index in [0.29, 0.717) is 5.95 Å². The molecule has 1 aliphatic carbocycles. The zero-order valence-corrected chi connectivity index (χ0v) is 16.9. The number of amides is 1. The van der Waals surface area contributed by atoms with Crippen molar-refractivity contribution in [2.24, 2.45) is 0 Å². The monoisotopic (exact) mass is 386 g/mol. The van der Waals surface area contributed by atoms with Crippen LogP contribution in [0.1, 0.15) is 43.0 Å². The molecule has 2 N–H and O–H groups in total. The SMILES string of the molecule is CC(=O)NC(C)Cc1ccc(-c2cnc(N[C@H]3CCc4ccccc43)nc2)cc1. The molecule has 1 unspecified atom stereocenters. The number of hydrogen-bond donors (Lipinski definition) is 2. The van der Waals surface area contributed by atoms with E-state index in [1.807, 2.05) is 19.3 Å². The Morgan fingerprint density at radius 1 is 1.07 bits per heavy atom.